The fourth-order valence-electron chi connectivity index (χ4n) is 1.75. The standard InChI is InChI=1S/C13H21NO5S/c1-4-11(9-18-2)14-20(16,17)13-6-5-10(8-15)7-12(13)19-3/h5-7,11,14-15H,4,8-9H2,1-3H3. The molecule has 0 aliphatic carbocycles. The number of methoxy groups -OCH3 is 2. The van der Waals surface area contributed by atoms with Crippen molar-refractivity contribution in [2.75, 3.05) is 20.8 Å². The van der Waals surface area contributed by atoms with E-state index in [1.165, 1.54) is 26.4 Å². The summed E-state index contributed by atoms with van der Waals surface area (Å²) in [4.78, 5) is 0.0479. The molecule has 2 N–H and O–H groups in total. The lowest BCUT2D eigenvalue weighted by atomic mass is 10.2. The Balaban J connectivity index is 3.08. The number of aliphatic hydroxyl groups is 1. The Labute approximate surface area is 119 Å². The molecule has 114 valence electrons. The third-order valence-electron chi connectivity index (χ3n) is 2.88. The topological polar surface area (TPSA) is 84.9 Å². The zero-order valence-corrected chi connectivity index (χ0v) is 12.7. The maximum atomic E-state index is 12.3. The summed E-state index contributed by atoms with van der Waals surface area (Å²) in [6.45, 7) is 2.00. The van der Waals surface area contributed by atoms with Gasteiger partial charge in [0.15, 0.2) is 0 Å². The second kappa shape index (κ2) is 7.58. The van der Waals surface area contributed by atoms with Crippen LogP contribution in [0.15, 0.2) is 23.1 Å². The molecule has 0 saturated carbocycles. The number of aliphatic hydroxyl groups excluding tert-OH is 1. The maximum absolute atomic E-state index is 12.3. The molecule has 1 aromatic carbocycles. The van der Waals surface area contributed by atoms with Crippen LogP contribution in [0.2, 0.25) is 0 Å². The van der Waals surface area contributed by atoms with E-state index < -0.39 is 10.0 Å². The zero-order chi connectivity index (χ0) is 15.2. The molecule has 0 saturated heterocycles. The second-order valence-electron chi connectivity index (χ2n) is 4.33. The molecular formula is C13H21NO5S. The van der Waals surface area contributed by atoms with E-state index in [1.54, 1.807) is 6.07 Å². The summed E-state index contributed by atoms with van der Waals surface area (Å²) >= 11 is 0. The van der Waals surface area contributed by atoms with Gasteiger partial charge in [-0.25, -0.2) is 13.1 Å². The van der Waals surface area contributed by atoms with Crippen LogP contribution in [0.5, 0.6) is 5.75 Å². The molecule has 0 bridgehead atoms. The molecular weight excluding hydrogens is 282 g/mol. The fourth-order valence-corrected chi connectivity index (χ4v) is 3.21. The van der Waals surface area contributed by atoms with E-state index in [1.807, 2.05) is 6.92 Å². The molecule has 6 nitrogen and oxygen atoms in total. The monoisotopic (exact) mass is 303 g/mol. The molecule has 0 fully saturated rings. The van der Waals surface area contributed by atoms with Crippen molar-refractivity contribution in [3.63, 3.8) is 0 Å². The zero-order valence-electron chi connectivity index (χ0n) is 11.9. The first-order valence-corrected chi connectivity index (χ1v) is 7.75. The third kappa shape index (κ3) is 4.17. The first kappa shape index (κ1) is 16.9. The summed E-state index contributed by atoms with van der Waals surface area (Å²) in [5.74, 6) is 0.205. The van der Waals surface area contributed by atoms with E-state index >= 15 is 0 Å². The predicted octanol–water partition coefficient (Wildman–Crippen LogP) is 0.891. The second-order valence-corrected chi connectivity index (χ2v) is 6.01. The van der Waals surface area contributed by atoms with Crippen LogP contribution in [0, 0.1) is 0 Å². The molecule has 7 heteroatoms. The smallest absolute Gasteiger partial charge is 0.244 e. The van der Waals surface area contributed by atoms with E-state index in [2.05, 4.69) is 4.72 Å². The molecule has 0 radical (unpaired) electrons. The molecule has 1 rings (SSSR count). The van der Waals surface area contributed by atoms with Crippen LogP contribution in [0.25, 0.3) is 0 Å². The van der Waals surface area contributed by atoms with Gasteiger partial charge in [-0.3, -0.25) is 0 Å². The summed E-state index contributed by atoms with van der Waals surface area (Å²) in [5.41, 5.74) is 0.588. The van der Waals surface area contributed by atoms with Crippen LogP contribution < -0.4 is 9.46 Å². The van der Waals surface area contributed by atoms with E-state index in [4.69, 9.17) is 14.6 Å². The summed E-state index contributed by atoms with van der Waals surface area (Å²) in [5, 5.41) is 9.07. The Morgan fingerprint density at radius 1 is 1.35 bits per heavy atom. The van der Waals surface area contributed by atoms with Crippen molar-refractivity contribution in [1.82, 2.24) is 4.72 Å². The van der Waals surface area contributed by atoms with E-state index in [9.17, 15) is 8.42 Å². The molecule has 0 aliphatic rings. The largest absolute Gasteiger partial charge is 0.495 e. The minimum absolute atomic E-state index is 0.0479. The van der Waals surface area contributed by atoms with Crippen molar-refractivity contribution in [1.29, 1.82) is 0 Å². The molecule has 20 heavy (non-hydrogen) atoms. The average Bonchev–Trinajstić information content (AvgIpc) is 2.45. The Hall–Kier alpha value is -1.15. The number of hydrogen-bond donors (Lipinski definition) is 2. The van der Waals surface area contributed by atoms with Gasteiger partial charge in [-0.05, 0) is 24.1 Å². The van der Waals surface area contributed by atoms with Crippen molar-refractivity contribution in [2.24, 2.45) is 0 Å². The molecule has 0 spiro atoms. The lowest BCUT2D eigenvalue weighted by Crippen LogP contribution is -2.37. The minimum atomic E-state index is -3.70. The molecule has 0 aromatic heterocycles. The highest BCUT2D eigenvalue weighted by atomic mass is 32.2. The molecule has 1 unspecified atom stereocenters. The minimum Gasteiger partial charge on any atom is -0.495 e. The molecule has 0 amide bonds. The molecule has 0 heterocycles. The fraction of sp³-hybridized carbons (Fsp3) is 0.538. The summed E-state index contributed by atoms with van der Waals surface area (Å²) in [7, 11) is -0.786. The van der Waals surface area contributed by atoms with Crippen molar-refractivity contribution < 1.29 is 23.0 Å². The number of sulfonamides is 1. The Morgan fingerprint density at radius 3 is 2.55 bits per heavy atom. The van der Waals surface area contributed by atoms with E-state index in [0.717, 1.165) is 0 Å². The highest BCUT2D eigenvalue weighted by Crippen LogP contribution is 2.25. The highest BCUT2D eigenvalue weighted by molar-refractivity contribution is 7.89. The quantitative estimate of drug-likeness (QED) is 0.745. The van der Waals surface area contributed by atoms with Crippen LogP contribution in [0.3, 0.4) is 0 Å². The van der Waals surface area contributed by atoms with Gasteiger partial charge in [-0.2, -0.15) is 0 Å². The number of nitrogens with one attached hydrogen (secondary N) is 1. The number of rotatable bonds is 8. The van der Waals surface area contributed by atoms with E-state index in [-0.39, 0.29) is 23.3 Å². The van der Waals surface area contributed by atoms with Gasteiger partial charge in [0.25, 0.3) is 0 Å². The lowest BCUT2D eigenvalue weighted by Gasteiger charge is -2.17. The number of benzene rings is 1. The average molecular weight is 303 g/mol. The first-order chi connectivity index (χ1) is 9.48. The van der Waals surface area contributed by atoms with Gasteiger partial charge in [0.1, 0.15) is 10.6 Å². The number of ether oxygens (including phenoxy) is 2. The SMILES string of the molecule is CCC(COC)NS(=O)(=O)c1ccc(CO)cc1OC. The number of hydrogen-bond acceptors (Lipinski definition) is 5. The van der Waals surface area contributed by atoms with Crippen molar-refractivity contribution in [3.8, 4) is 5.75 Å². The van der Waals surface area contributed by atoms with Gasteiger partial charge in [-0.1, -0.05) is 13.0 Å². The highest BCUT2D eigenvalue weighted by Gasteiger charge is 2.23. The van der Waals surface area contributed by atoms with Crippen molar-refractivity contribution in [2.45, 2.75) is 30.9 Å². The first-order valence-electron chi connectivity index (χ1n) is 6.27. The summed E-state index contributed by atoms with van der Waals surface area (Å²) in [6, 6.07) is 4.18. The third-order valence-corrected chi connectivity index (χ3v) is 4.44. The summed E-state index contributed by atoms with van der Waals surface area (Å²) < 4.78 is 37.3. The van der Waals surface area contributed by atoms with Crippen molar-refractivity contribution >= 4 is 10.0 Å². The van der Waals surface area contributed by atoms with Crippen LogP contribution in [-0.4, -0.2) is 40.4 Å². The van der Waals surface area contributed by atoms with Gasteiger partial charge in [0, 0.05) is 13.2 Å². The van der Waals surface area contributed by atoms with Crippen LogP contribution in [0.1, 0.15) is 18.9 Å². The lowest BCUT2D eigenvalue weighted by molar-refractivity contribution is 0.173. The van der Waals surface area contributed by atoms with Gasteiger partial charge in [-0.15, -0.1) is 0 Å². The van der Waals surface area contributed by atoms with Crippen LogP contribution in [-0.2, 0) is 21.4 Å². The normalized spacial score (nSPS) is 13.2. The predicted molar refractivity (Wildman–Crippen MR) is 75.2 cm³/mol. The van der Waals surface area contributed by atoms with Gasteiger partial charge in [0.2, 0.25) is 10.0 Å². The maximum Gasteiger partial charge on any atom is 0.244 e. The Morgan fingerprint density at radius 2 is 2.05 bits per heavy atom. The molecule has 1 aromatic rings. The summed E-state index contributed by atoms with van der Waals surface area (Å²) in [6.07, 6.45) is 0.615. The van der Waals surface area contributed by atoms with Crippen LogP contribution in [0.4, 0.5) is 0 Å². The van der Waals surface area contributed by atoms with E-state index in [0.29, 0.717) is 18.6 Å². The van der Waals surface area contributed by atoms with Gasteiger partial charge >= 0.3 is 0 Å². The Kier molecular flexibility index (Phi) is 6.41. The van der Waals surface area contributed by atoms with Crippen LogP contribution >= 0.6 is 0 Å². The van der Waals surface area contributed by atoms with Gasteiger partial charge in [0.05, 0.1) is 20.3 Å². The Bertz CT molecular complexity index is 530. The van der Waals surface area contributed by atoms with Crippen molar-refractivity contribution in [3.05, 3.63) is 23.8 Å². The molecule has 1 atom stereocenters. The van der Waals surface area contributed by atoms with Gasteiger partial charge < -0.3 is 14.6 Å². The molecule has 0 aliphatic heterocycles.